The third kappa shape index (κ3) is 5.07. The van der Waals surface area contributed by atoms with Crippen molar-refractivity contribution in [3.63, 3.8) is 0 Å². The van der Waals surface area contributed by atoms with Crippen molar-refractivity contribution in [2.45, 2.75) is 43.8 Å². The molecule has 1 saturated heterocycles. The second-order valence-electron chi connectivity index (χ2n) is 9.13. The number of para-hydroxylation sites is 1. The van der Waals surface area contributed by atoms with Gasteiger partial charge in [-0.2, -0.15) is 0 Å². The highest BCUT2D eigenvalue weighted by molar-refractivity contribution is 5.48. The summed E-state index contributed by atoms with van der Waals surface area (Å²) < 4.78 is 12.0. The fourth-order valence-electron chi connectivity index (χ4n) is 5.26. The van der Waals surface area contributed by atoms with Crippen molar-refractivity contribution in [1.29, 1.82) is 0 Å². The molecule has 2 aliphatic rings. The first-order valence-electron chi connectivity index (χ1n) is 12.2. The normalized spacial score (nSPS) is 22.9. The van der Waals surface area contributed by atoms with Crippen molar-refractivity contribution in [2.75, 3.05) is 26.2 Å². The van der Waals surface area contributed by atoms with Crippen molar-refractivity contribution >= 4 is 0 Å². The lowest BCUT2D eigenvalue weighted by atomic mass is 9.75. The minimum absolute atomic E-state index is 0.000464. The molecule has 0 radical (unpaired) electrons. The van der Waals surface area contributed by atoms with Gasteiger partial charge in [0.1, 0.15) is 11.5 Å². The summed E-state index contributed by atoms with van der Waals surface area (Å²) in [6.07, 6.45) is 4.18. The Hall–Kier alpha value is -2.82. The molecule has 33 heavy (non-hydrogen) atoms. The maximum Gasteiger partial charge on any atom is 0.205 e. The predicted octanol–water partition coefficient (Wildman–Crippen LogP) is 5.57. The number of benzene rings is 3. The van der Waals surface area contributed by atoms with Gasteiger partial charge in [-0.3, -0.25) is 0 Å². The molecule has 0 saturated carbocycles. The highest BCUT2D eigenvalue weighted by Gasteiger charge is 2.39. The minimum atomic E-state index is -0.905. The molecule has 0 spiro atoms. The second-order valence-corrected chi connectivity index (χ2v) is 9.13. The van der Waals surface area contributed by atoms with E-state index in [1.165, 1.54) is 32.4 Å². The molecular weight excluding hydrogens is 410 g/mol. The zero-order valence-electron chi connectivity index (χ0n) is 19.1. The number of aliphatic hydroxyl groups excluding tert-OH is 1. The van der Waals surface area contributed by atoms with Crippen LogP contribution in [0.4, 0.5) is 0 Å². The lowest BCUT2D eigenvalue weighted by molar-refractivity contribution is -0.0530. The third-order valence-electron chi connectivity index (χ3n) is 6.93. The lowest BCUT2D eigenvalue weighted by Crippen LogP contribution is -2.34. The summed E-state index contributed by atoms with van der Waals surface area (Å²) in [7, 11) is 0. The highest BCUT2D eigenvalue weighted by atomic mass is 16.6. The van der Waals surface area contributed by atoms with Crippen molar-refractivity contribution < 1.29 is 14.6 Å². The fourth-order valence-corrected chi connectivity index (χ4v) is 5.26. The quantitative estimate of drug-likeness (QED) is 0.485. The van der Waals surface area contributed by atoms with E-state index in [0.717, 1.165) is 47.8 Å². The number of hydrogen-bond acceptors (Lipinski definition) is 4. The SMILES string of the molecule is OC1Oc2ccccc2C(c2ccc(OCCCN3CCCCC3)cc2)C1c1ccccc1. The van der Waals surface area contributed by atoms with Crippen molar-refractivity contribution in [1.82, 2.24) is 4.90 Å². The number of fused-ring (bicyclic) bond motifs is 1. The van der Waals surface area contributed by atoms with Crippen LogP contribution in [0, 0.1) is 0 Å². The van der Waals surface area contributed by atoms with Crippen LogP contribution in [0.25, 0.3) is 0 Å². The molecule has 2 aliphatic heterocycles. The smallest absolute Gasteiger partial charge is 0.205 e. The highest BCUT2D eigenvalue weighted by Crippen LogP contribution is 2.48. The number of ether oxygens (including phenoxy) is 2. The molecule has 3 aromatic carbocycles. The minimum Gasteiger partial charge on any atom is -0.494 e. The van der Waals surface area contributed by atoms with E-state index >= 15 is 0 Å². The number of nitrogens with zero attached hydrogens (tertiary/aromatic N) is 1. The Bertz CT molecular complexity index is 1010. The Morgan fingerprint density at radius 2 is 1.55 bits per heavy atom. The van der Waals surface area contributed by atoms with Crippen LogP contribution in [-0.4, -0.2) is 42.5 Å². The van der Waals surface area contributed by atoms with Gasteiger partial charge in [0.15, 0.2) is 0 Å². The first-order valence-corrected chi connectivity index (χ1v) is 12.2. The molecule has 0 bridgehead atoms. The molecule has 1 fully saturated rings. The first-order chi connectivity index (χ1) is 16.3. The molecule has 5 rings (SSSR count). The molecule has 1 N–H and O–H groups in total. The van der Waals surface area contributed by atoms with Gasteiger partial charge in [0.05, 0.1) is 12.5 Å². The summed E-state index contributed by atoms with van der Waals surface area (Å²) in [6, 6.07) is 26.6. The maximum absolute atomic E-state index is 11.0. The Labute approximate surface area is 196 Å². The van der Waals surface area contributed by atoms with Gasteiger partial charge in [0.25, 0.3) is 0 Å². The summed E-state index contributed by atoms with van der Waals surface area (Å²) in [6.45, 7) is 4.32. The summed E-state index contributed by atoms with van der Waals surface area (Å²) in [5.41, 5.74) is 3.33. The maximum atomic E-state index is 11.0. The summed E-state index contributed by atoms with van der Waals surface area (Å²) in [5.74, 6) is 1.47. The first kappa shape index (κ1) is 22.0. The van der Waals surface area contributed by atoms with Gasteiger partial charge >= 0.3 is 0 Å². The van der Waals surface area contributed by atoms with Gasteiger partial charge < -0.3 is 19.5 Å². The monoisotopic (exact) mass is 443 g/mol. The molecule has 2 heterocycles. The third-order valence-corrected chi connectivity index (χ3v) is 6.93. The number of rotatable bonds is 7. The Balaban J connectivity index is 1.31. The van der Waals surface area contributed by atoms with Gasteiger partial charge in [0, 0.05) is 18.0 Å². The van der Waals surface area contributed by atoms with E-state index in [1.54, 1.807) is 0 Å². The summed E-state index contributed by atoms with van der Waals surface area (Å²) in [5, 5.41) is 11.0. The number of aliphatic hydroxyl groups is 1. The average molecular weight is 444 g/mol. The number of piperidine rings is 1. The van der Waals surface area contributed by atoms with Crippen molar-refractivity contribution in [3.8, 4) is 11.5 Å². The molecule has 0 aromatic heterocycles. The van der Waals surface area contributed by atoms with Crippen LogP contribution in [-0.2, 0) is 0 Å². The standard InChI is InChI=1S/C29H33NO3/c31-29-28(22-10-3-1-4-11-22)27(25-12-5-6-13-26(25)33-29)23-14-16-24(17-15-23)32-21-9-20-30-18-7-2-8-19-30/h1,3-6,10-17,27-29,31H,2,7-9,18-21H2. The Morgan fingerprint density at radius 3 is 2.33 bits per heavy atom. The Morgan fingerprint density at radius 1 is 0.818 bits per heavy atom. The molecule has 3 unspecified atom stereocenters. The van der Waals surface area contributed by atoms with Gasteiger partial charge in [-0.05, 0) is 61.7 Å². The van der Waals surface area contributed by atoms with E-state index in [-0.39, 0.29) is 11.8 Å². The van der Waals surface area contributed by atoms with Gasteiger partial charge in [-0.1, -0.05) is 67.1 Å². The molecule has 172 valence electrons. The van der Waals surface area contributed by atoms with Crippen LogP contribution in [0.1, 0.15) is 54.2 Å². The van der Waals surface area contributed by atoms with Gasteiger partial charge in [0.2, 0.25) is 6.29 Å². The van der Waals surface area contributed by atoms with Gasteiger partial charge in [-0.15, -0.1) is 0 Å². The molecule has 3 aromatic rings. The topological polar surface area (TPSA) is 41.9 Å². The molecule has 0 aliphatic carbocycles. The van der Waals surface area contributed by atoms with E-state index in [0.29, 0.717) is 0 Å². The molecule has 4 heteroatoms. The van der Waals surface area contributed by atoms with Crippen LogP contribution in [0.2, 0.25) is 0 Å². The summed E-state index contributed by atoms with van der Waals surface area (Å²) in [4.78, 5) is 2.55. The largest absolute Gasteiger partial charge is 0.494 e. The van der Waals surface area contributed by atoms with Gasteiger partial charge in [-0.25, -0.2) is 0 Å². The molecule has 4 nitrogen and oxygen atoms in total. The van der Waals surface area contributed by atoms with Crippen LogP contribution < -0.4 is 9.47 Å². The van der Waals surface area contributed by atoms with Crippen LogP contribution in [0.5, 0.6) is 11.5 Å². The van der Waals surface area contributed by atoms with E-state index < -0.39 is 6.29 Å². The predicted molar refractivity (Wildman–Crippen MR) is 131 cm³/mol. The molecular formula is C29H33NO3. The summed E-state index contributed by atoms with van der Waals surface area (Å²) >= 11 is 0. The number of hydrogen-bond donors (Lipinski definition) is 1. The van der Waals surface area contributed by atoms with E-state index in [2.05, 4.69) is 47.4 Å². The van der Waals surface area contributed by atoms with Crippen molar-refractivity contribution in [2.24, 2.45) is 0 Å². The Kier molecular flexibility index (Phi) is 6.94. The van der Waals surface area contributed by atoms with Crippen LogP contribution >= 0.6 is 0 Å². The molecule has 0 amide bonds. The average Bonchev–Trinajstić information content (AvgIpc) is 2.87. The van der Waals surface area contributed by atoms with E-state index in [9.17, 15) is 5.11 Å². The van der Waals surface area contributed by atoms with Crippen molar-refractivity contribution in [3.05, 3.63) is 95.6 Å². The zero-order chi connectivity index (χ0) is 22.5. The fraction of sp³-hybridized carbons (Fsp3) is 0.379. The van der Waals surface area contributed by atoms with E-state index in [4.69, 9.17) is 9.47 Å². The van der Waals surface area contributed by atoms with E-state index in [1.807, 2.05) is 36.4 Å². The lowest BCUT2D eigenvalue weighted by Gasteiger charge is -2.37. The second kappa shape index (κ2) is 10.4. The van der Waals surface area contributed by atoms with Crippen LogP contribution in [0.3, 0.4) is 0 Å². The molecule has 3 atom stereocenters. The number of likely N-dealkylation sites (tertiary alicyclic amines) is 1. The zero-order valence-corrected chi connectivity index (χ0v) is 19.1. The van der Waals surface area contributed by atoms with Crippen LogP contribution in [0.15, 0.2) is 78.9 Å².